The number of rotatable bonds is 6. The summed E-state index contributed by atoms with van der Waals surface area (Å²) in [5, 5.41) is 8.18. The molecule has 8 heteroatoms. The minimum absolute atomic E-state index is 0.145. The molecule has 2 amide bonds. The lowest BCUT2D eigenvalue weighted by Gasteiger charge is -2.08. The molecule has 0 unspecified atom stereocenters. The van der Waals surface area contributed by atoms with Gasteiger partial charge >= 0.3 is 0 Å². The maximum atomic E-state index is 12.4. The van der Waals surface area contributed by atoms with E-state index in [0.29, 0.717) is 17.1 Å². The van der Waals surface area contributed by atoms with Crippen molar-refractivity contribution in [2.45, 2.75) is 6.42 Å². The van der Waals surface area contributed by atoms with Crippen LogP contribution in [0.3, 0.4) is 0 Å². The van der Waals surface area contributed by atoms with Crippen LogP contribution in [0.4, 0.5) is 11.4 Å². The summed E-state index contributed by atoms with van der Waals surface area (Å²) in [6, 6.07) is 15.7. The van der Waals surface area contributed by atoms with Crippen molar-refractivity contribution in [1.29, 1.82) is 0 Å². The highest BCUT2D eigenvalue weighted by molar-refractivity contribution is 7.13. The van der Waals surface area contributed by atoms with Gasteiger partial charge in [-0.1, -0.05) is 12.1 Å². The number of anilines is 2. The van der Waals surface area contributed by atoms with Crippen LogP contribution in [-0.4, -0.2) is 21.8 Å². The Morgan fingerprint density at radius 2 is 1.86 bits per heavy atom. The minimum Gasteiger partial charge on any atom is -0.459 e. The quantitative estimate of drug-likeness (QED) is 0.501. The average molecular weight is 404 g/mol. The fourth-order valence-electron chi connectivity index (χ4n) is 2.64. The molecule has 0 bridgehead atoms. The third kappa shape index (κ3) is 4.74. The first-order valence-corrected chi connectivity index (χ1v) is 9.66. The molecule has 0 spiro atoms. The van der Waals surface area contributed by atoms with E-state index < -0.39 is 0 Å². The van der Waals surface area contributed by atoms with Gasteiger partial charge in [0.25, 0.3) is 5.91 Å². The normalized spacial score (nSPS) is 10.5. The highest BCUT2D eigenvalue weighted by atomic mass is 32.1. The van der Waals surface area contributed by atoms with E-state index in [2.05, 4.69) is 20.6 Å². The van der Waals surface area contributed by atoms with Crippen molar-refractivity contribution in [3.05, 3.63) is 83.9 Å². The van der Waals surface area contributed by atoms with E-state index >= 15 is 0 Å². The highest BCUT2D eigenvalue weighted by Gasteiger charge is 2.12. The Morgan fingerprint density at radius 1 is 1.00 bits per heavy atom. The molecule has 0 aliphatic rings. The van der Waals surface area contributed by atoms with Crippen LogP contribution in [0.5, 0.6) is 0 Å². The number of carbonyl (C=O) groups is 2. The van der Waals surface area contributed by atoms with Crippen molar-refractivity contribution >= 4 is 34.5 Å². The first kappa shape index (κ1) is 18.6. The molecule has 0 aliphatic carbocycles. The van der Waals surface area contributed by atoms with Gasteiger partial charge in [0.1, 0.15) is 5.01 Å². The van der Waals surface area contributed by atoms with E-state index in [-0.39, 0.29) is 24.0 Å². The molecule has 1 aromatic carbocycles. The lowest BCUT2D eigenvalue weighted by Crippen LogP contribution is -2.15. The van der Waals surface area contributed by atoms with Crippen molar-refractivity contribution in [3.8, 4) is 10.7 Å². The molecule has 0 aliphatic heterocycles. The van der Waals surface area contributed by atoms with Crippen LogP contribution in [-0.2, 0) is 11.2 Å². The summed E-state index contributed by atoms with van der Waals surface area (Å²) in [5.41, 5.74) is 2.59. The van der Waals surface area contributed by atoms with Gasteiger partial charge in [-0.2, -0.15) is 0 Å². The fraction of sp³-hybridized carbons (Fsp3) is 0.0476. The smallest absolute Gasteiger partial charge is 0.291 e. The Hall–Kier alpha value is -3.78. The van der Waals surface area contributed by atoms with Gasteiger partial charge in [-0.15, -0.1) is 11.3 Å². The van der Waals surface area contributed by atoms with Gasteiger partial charge < -0.3 is 15.1 Å². The van der Waals surface area contributed by atoms with E-state index in [0.717, 1.165) is 10.7 Å². The van der Waals surface area contributed by atoms with E-state index in [4.69, 9.17) is 4.42 Å². The summed E-state index contributed by atoms with van der Waals surface area (Å²) in [6.07, 6.45) is 3.29. The standard InChI is InChI=1S/C21H16N4O3S/c26-19(12-16-13-29-21(25-16)17-7-1-2-9-22-17)23-14-5-3-6-15(11-14)24-20(27)18-8-4-10-28-18/h1-11,13H,12H2,(H,23,26)(H,24,27). The summed E-state index contributed by atoms with van der Waals surface area (Å²) in [4.78, 5) is 33.2. The molecule has 7 nitrogen and oxygen atoms in total. The first-order chi connectivity index (χ1) is 14.2. The number of nitrogens with zero attached hydrogens (tertiary/aromatic N) is 2. The van der Waals surface area contributed by atoms with Crippen molar-refractivity contribution in [2.24, 2.45) is 0 Å². The molecule has 0 fully saturated rings. The van der Waals surface area contributed by atoms with Crippen LogP contribution < -0.4 is 10.6 Å². The zero-order valence-corrected chi connectivity index (χ0v) is 16.0. The Bertz CT molecular complexity index is 1120. The molecule has 4 aromatic rings. The molecular formula is C21H16N4O3S. The number of thiazole rings is 1. The first-order valence-electron chi connectivity index (χ1n) is 8.78. The maximum absolute atomic E-state index is 12.4. The Morgan fingerprint density at radius 3 is 2.62 bits per heavy atom. The van der Waals surface area contributed by atoms with Gasteiger partial charge in [0.15, 0.2) is 5.76 Å². The van der Waals surface area contributed by atoms with Crippen LogP contribution in [0.1, 0.15) is 16.2 Å². The molecule has 0 radical (unpaired) electrons. The lowest BCUT2D eigenvalue weighted by molar-refractivity contribution is -0.115. The second-order valence-corrected chi connectivity index (χ2v) is 6.95. The minimum atomic E-state index is -0.358. The largest absolute Gasteiger partial charge is 0.459 e. The van der Waals surface area contributed by atoms with E-state index in [9.17, 15) is 9.59 Å². The van der Waals surface area contributed by atoms with Crippen molar-refractivity contribution < 1.29 is 14.0 Å². The van der Waals surface area contributed by atoms with Gasteiger partial charge in [0, 0.05) is 23.0 Å². The number of nitrogens with one attached hydrogen (secondary N) is 2. The molecule has 2 N–H and O–H groups in total. The second-order valence-electron chi connectivity index (χ2n) is 6.10. The van der Waals surface area contributed by atoms with Crippen molar-refractivity contribution in [3.63, 3.8) is 0 Å². The molecule has 3 aromatic heterocycles. The molecule has 29 heavy (non-hydrogen) atoms. The molecule has 0 saturated heterocycles. The number of benzene rings is 1. The summed E-state index contributed by atoms with van der Waals surface area (Å²) in [6.45, 7) is 0. The summed E-state index contributed by atoms with van der Waals surface area (Å²) < 4.78 is 5.07. The van der Waals surface area contributed by atoms with Gasteiger partial charge in [-0.05, 0) is 42.5 Å². The lowest BCUT2D eigenvalue weighted by atomic mass is 10.2. The van der Waals surface area contributed by atoms with Gasteiger partial charge in [0.2, 0.25) is 5.91 Å². The Balaban J connectivity index is 1.37. The summed E-state index contributed by atoms with van der Waals surface area (Å²) >= 11 is 1.45. The molecule has 0 saturated carbocycles. The third-order valence-corrected chi connectivity index (χ3v) is 4.84. The predicted octanol–water partition coefficient (Wildman–Crippen LogP) is 4.23. The number of pyridine rings is 1. The average Bonchev–Trinajstić information content (AvgIpc) is 3.41. The molecular weight excluding hydrogens is 388 g/mol. The zero-order valence-electron chi connectivity index (χ0n) is 15.2. The topological polar surface area (TPSA) is 97.1 Å². The maximum Gasteiger partial charge on any atom is 0.291 e. The summed E-state index contributed by atoms with van der Waals surface area (Å²) in [5.74, 6) is -0.341. The van der Waals surface area contributed by atoms with E-state index in [1.54, 1.807) is 42.6 Å². The number of furan rings is 1. The molecule has 144 valence electrons. The number of amides is 2. The van der Waals surface area contributed by atoms with Crippen LogP contribution in [0.2, 0.25) is 0 Å². The highest BCUT2D eigenvalue weighted by Crippen LogP contribution is 2.22. The third-order valence-electron chi connectivity index (χ3n) is 3.93. The van der Waals surface area contributed by atoms with Gasteiger partial charge in [0.05, 0.1) is 24.1 Å². The fourth-order valence-corrected chi connectivity index (χ4v) is 3.44. The van der Waals surface area contributed by atoms with Gasteiger partial charge in [-0.3, -0.25) is 14.6 Å². The molecule has 0 atom stereocenters. The zero-order chi connectivity index (χ0) is 20.1. The SMILES string of the molecule is O=C(Cc1csc(-c2ccccn2)n1)Nc1cccc(NC(=O)c2ccco2)c1. The van der Waals surface area contributed by atoms with Crippen LogP contribution in [0.25, 0.3) is 10.7 Å². The van der Waals surface area contributed by atoms with E-state index in [1.807, 2.05) is 23.6 Å². The van der Waals surface area contributed by atoms with Crippen molar-refractivity contribution in [2.75, 3.05) is 10.6 Å². The second kappa shape index (κ2) is 8.49. The molecule has 3 heterocycles. The molecule has 4 rings (SSSR count). The number of aromatic nitrogens is 2. The number of hydrogen-bond donors (Lipinski definition) is 2. The Kier molecular flexibility index (Phi) is 5.44. The van der Waals surface area contributed by atoms with Gasteiger partial charge in [-0.25, -0.2) is 4.98 Å². The van der Waals surface area contributed by atoms with Crippen LogP contribution in [0, 0.1) is 0 Å². The number of carbonyl (C=O) groups excluding carboxylic acids is 2. The van der Waals surface area contributed by atoms with E-state index in [1.165, 1.54) is 17.6 Å². The summed E-state index contributed by atoms with van der Waals surface area (Å²) in [7, 11) is 0. The number of hydrogen-bond acceptors (Lipinski definition) is 6. The monoisotopic (exact) mass is 404 g/mol. The van der Waals surface area contributed by atoms with Crippen LogP contribution in [0.15, 0.2) is 76.9 Å². The predicted molar refractivity (Wildman–Crippen MR) is 111 cm³/mol. The Labute approximate surface area is 170 Å². The van der Waals surface area contributed by atoms with Crippen molar-refractivity contribution in [1.82, 2.24) is 9.97 Å². The van der Waals surface area contributed by atoms with Crippen LogP contribution >= 0.6 is 11.3 Å².